The molecule has 1 heterocycles. The molecule has 74 valence electrons. The molecule has 1 fully saturated rings. The molecule has 0 aliphatic carbocycles. The van der Waals surface area contributed by atoms with Gasteiger partial charge in [-0.1, -0.05) is 0 Å². The second kappa shape index (κ2) is 4.81. The highest BCUT2D eigenvalue weighted by atomic mass is 16.5. The Morgan fingerprint density at radius 2 is 2.54 bits per heavy atom. The van der Waals surface area contributed by atoms with Crippen molar-refractivity contribution in [3.8, 4) is 0 Å². The van der Waals surface area contributed by atoms with Gasteiger partial charge in [0.1, 0.15) is 0 Å². The molecule has 1 atom stereocenters. The standard InChI is InChI=1S/C8H15N3O2/c1-3-9-8(12)11-10-7-4-5-13-6(7)2/h6H,3-5H2,1-2H3,(H2,9,11,12)/b10-7-. The van der Waals surface area contributed by atoms with Crippen molar-refractivity contribution in [2.75, 3.05) is 13.2 Å². The van der Waals surface area contributed by atoms with Gasteiger partial charge in [-0.15, -0.1) is 0 Å². The van der Waals surface area contributed by atoms with Crippen molar-refractivity contribution in [3.05, 3.63) is 0 Å². The molecule has 0 aromatic heterocycles. The third-order valence-corrected chi connectivity index (χ3v) is 1.83. The van der Waals surface area contributed by atoms with E-state index >= 15 is 0 Å². The molecule has 0 bridgehead atoms. The van der Waals surface area contributed by atoms with Gasteiger partial charge in [0.15, 0.2) is 0 Å². The van der Waals surface area contributed by atoms with E-state index in [0.29, 0.717) is 13.2 Å². The lowest BCUT2D eigenvalue weighted by Gasteiger charge is -2.04. The number of nitrogens with one attached hydrogen (secondary N) is 2. The van der Waals surface area contributed by atoms with Gasteiger partial charge in [0.25, 0.3) is 0 Å². The minimum absolute atomic E-state index is 0.0296. The summed E-state index contributed by atoms with van der Waals surface area (Å²) in [6.45, 7) is 5.07. The minimum atomic E-state index is -0.269. The van der Waals surface area contributed by atoms with Crippen molar-refractivity contribution in [1.29, 1.82) is 0 Å². The van der Waals surface area contributed by atoms with Crippen LogP contribution in [0.15, 0.2) is 5.10 Å². The largest absolute Gasteiger partial charge is 0.372 e. The van der Waals surface area contributed by atoms with E-state index in [1.54, 1.807) is 0 Å². The summed E-state index contributed by atoms with van der Waals surface area (Å²) in [5, 5.41) is 6.54. The fraction of sp³-hybridized carbons (Fsp3) is 0.750. The van der Waals surface area contributed by atoms with Gasteiger partial charge in [0.2, 0.25) is 0 Å². The molecule has 2 amide bonds. The van der Waals surface area contributed by atoms with Crippen LogP contribution >= 0.6 is 0 Å². The molecule has 0 aromatic rings. The number of hydrogen-bond donors (Lipinski definition) is 2. The smallest absolute Gasteiger partial charge is 0.335 e. The van der Waals surface area contributed by atoms with E-state index in [-0.39, 0.29) is 12.1 Å². The first-order valence-corrected chi connectivity index (χ1v) is 4.46. The maximum Gasteiger partial charge on any atom is 0.335 e. The molecule has 1 aliphatic rings. The van der Waals surface area contributed by atoms with Gasteiger partial charge >= 0.3 is 6.03 Å². The van der Waals surface area contributed by atoms with Crippen LogP contribution in [0.5, 0.6) is 0 Å². The summed E-state index contributed by atoms with van der Waals surface area (Å²) in [5.74, 6) is 0. The van der Waals surface area contributed by atoms with Crippen LogP contribution < -0.4 is 10.7 Å². The van der Waals surface area contributed by atoms with Crippen molar-refractivity contribution < 1.29 is 9.53 Å². The number of carbonyl (C=O) groups is 1. The Bertz CT molecular complexity index is 215. The van der Waals surface area contributed by atoms with E-state index in [4.69, 9.17) is 4.74 Å². The van der Waals surface area contributed by atoms with Crippen LogP contribution in [0.4, 0.5) is 4.79 Å². The van der Waals surface area contributed by atoms with Crippen molar-refractivity contribution in [3.63, 3.8) is 0 Å². The highest BCUT2D eigenvalue weighted by molar-refractivity contribution is 5.90. The van der Waals surface area contributed by atoms with E-state index in [1.807, 2.05) is 13.8 Å². The molecular weight excluding hydrogens is 170 g/mol. The Labute approximate surface area is 77.5 Å². The SMILES string of the molecule is CCNC(=O)N/N=C1/CCOC1C. The number of hydrogen-bond acceptors (Lipinski definition) is 3. The first kappa shape index (κ1) is 9.98. The van der Waals surface area contributed by atoms with Crippen LogP contribution in [-0.4, -0.2) is 31.0 Å². The van der Waals surface area contributed by atoms with Gasteiger partial charge in [-0.3, -0.25) is 0 Å². The zero-order valence-corrected chi connectivity index (χ0v) is 7.96. The number of rotatable bonds is 2. The average Bonchev–Trinajstić information content (AvgIpc) is 2.48. The van der Waals surface area contributed by atoms with Crippen molar-refractivity contribution in [2.45, 2.75) is 26.4 Å². The Balaban J connectivity index is 2.34. The third kappa shape index (κ3) is 3.02. The lowest BCUT2D eigenvalue weighted by atomic mass is 10.2. The average molecular weight is 185 g/mol. The maximum atomic E-state index is 10.9. The van der Waals surface area contributed by atoms with Gasteiger partial charge in [-0.05, 0) is 13.8 Å². The Morgan fingerprint density at radius 1 is 1.77 bits per heavy atom. The maximum absolute atomic E-state index is 10.9. The Morgan fingerprint density at radius 3 is 3.08 bits per heavy atom. The monoisotopic (exact) mass is 185 g/mol. The molecule has 2 N–H and O–H groups in total. The lowest BCUT2D eigenvalue weighted by Crippen LogP contribution is -2.33. The van der Waals surface area contributed by atoms with E-state index in [1.165, 1.54) is 0 Å². The summed E-state index contributed by atoms with van der Waals surface area (Å²) in [5.41, 5.74) is 3.31. The van der Waals surface area contributed by atoms with E-state index in [2.05, 4.69) is 15.8 Å². The van der Waals surface area contributed by atoms with Gasteiger partial charge in [0.05, 0.1) is 18.4 Å². The molecule has 1 unspecified atom stereocenters. The molecule has 13 heavy (non-hydrogen) atoms. The number of carbonyl (C=O) groups excluding carboxylic acids is 1. The van der Waals surface area contributed by atoms with Crippen LogP contribution in [0.1, 0.15) is 20.3 Å². The summed E-state index contributed by atoms with van der Waals surface area (Å²) in [7, 11) is 0. The normalized spacial score (nSPS) is 24.8. The van der Waals surface area contributed by atoms with Crippen LogP contribution in [0, 0.1) is 0 Å². The quantitative estimate of drug-likeness (QED) is 0.614. The van der Waals surface area contributed by atoms with E-state index < -0.39 is 0 Å². The Hall–Kier alpha value is -1.10. The number of urea groups is 1. The molecule has 5 heteroatoms. The molecule has 1 aliphatic heterocycles. The fourth-order valence-electron chi connectivity index (χ4n) is 1.11. The summed E-state index contributed by atoms with van der Waals surface area (Å²) >= 11 is 0. The third-order valence-electron chi connectivity index (χ3n) is 1.83. The van der Waals surface area contributed by atoms with Crippen LogP contribution in [0.2, 0.25) is 0 Å². The number of ether oxygens (including phenoxy) is 1. The highest BCUT2D eigenvalue weighted by Gasteiger charge is 2.18. The van der Waals surface area contributed by atoms with Crippen LogP contribution in [0.3, 0.4) is 0 Å². The lowest BCUT2D eigenvalue weighted by molar-refractivity contribution is 0.145. The molecular formula is C8H15N3O2. The van der Waals surface area contributed by atoms with Crippen molar-refractivity contribution >= 4 is 11.7 Å². The second-order valence-corrected chi connectivity index (χ2v) is 2.84. The Kier molecular flexibility index (Phi) is 3.70. The van der Waals surface area contributed by atoms with Crippen LogP contribution in [0.25, 0.3) is 0 Å². The molecule has 1 rings (SSSR count). The minimum Gasteiger partial charge on any atom is -0.372 e. The number of amides is 2. The van der Waals surface area contributed by atoms with Gasteiger partial charge in [0, 0.05) is 13.0 Å². The predicted molar refractivity (Wildman–Crippen MR) is 49.7 cm³/mol. The fourth-order valence-corrected chi connectivity index (χ4v) is 1.11. The molecule has 0 spiro atoms. The summed E-state index contributed by atoms with van der Waals surface area (Å²) in [6, 6.07) is -0.269. The van der Waals surface area contributed by atoms with Crippen LogP contribution in [-0.2, 0) is 4.74 Å². The summed E-state index contributed by atoms with van der Waals surface area (Å²) < 4.78 is 5.26. The molecule has 5 nitrogen and oxygen atoms in total. The zero-order chi connectivity index (χ0) is 9.68. The van der Waals surface area contributed by atoms with E-state index in [9.17, 15) is 4.79 Å². The van der Waals surface area contributed by atoms with E-state index in [0.717, 1.165) is 12.1 Å². The second-order valence-electron chi connectivity index (χ2n) is 2.84. The van der Waals surface area contributed by atoms with Gasteiger partial charge in [-0.2, -0.15) is 5.10 Å². The first-order valence-electron chi connectivity index (χ1n) is 4.46. The molecule has 1 saturated heterocycles. The highest BCUT2D eigenvalue weighted by Crippen LogP contribution is 2.07. The molecule has 0 saturated carbocycles. The van der Waals surface area contributed by atoms with Gasteiger partial charge < -0.3 is 10.1 Å². The van der Waals surface area contributed by atoms with Crippen molar-refractivity contribution in [2.24, 2.45) is 5.10 Å². The molecule has 0 radical (unpaired) electrons. The van der Waals surface area contributed by atoms with Gasteiger partial charge in [-0.25, -0.2) is 10.2 Å². The summed E-state index contributed by atoms with van der Waals surface area (Å²) in [4.78, 5) is 10.9. The predicted octanol–water partition coefficient (Wildman–Crippen LogP) is 0.470. The molecule has 0 aromatic carbocycles. The first-order chi connectivity index (χ1) is 6.24. The summed E-state index contributed by atoms with van der Waals surface area (Å²) in [6.07, 6.45) is 0.829. The van der Waals surface area contributed by atoms with Crippen molar-refractivity contribution in [1.82, 2.24) is 10.7 Å². The zero-order valence-electron chi connectivity index (χ0n) is 7.96. The number of hydrazone groups is 1. The number of nitrogens with zero attached hydrogens (tertiary/aromatic N) is 1. The topological polar surface area (TPSA) is 62.7 Å².